The van der Waals surface area contributed by atoms with E-state index >= 15 is 0 Å². The van der Waals surface area contributed by atoms with Crippen LogP contribution in [0.4, 0.5) is 0 Å². The van der Waals surface area contributed by atoms with Gasteiger partial charge in [0.15, 0.2) is 17.0 Å². The number of thiol groups is 1. The molecule has 1 aromatic carbocycles. The molecular weight excluding hydrogens is 312 g/mol. The summed E-state index contributed by atoms with van der Waals surface area (Å²) in [5.74, 6) is 1.50. The van der Waals surface area contributed by atoms with Gasteiger partial charge in [-0.3, -0.25) is 4.79 Å². The van der Waals surface area contributed by atoms with E-state index in [-0.39, 0.29) is 11.5 Å². The molecule has 1 aromatic heterocycles. The van der Waals surface area contributed by atoms with E-state index in [0.29, 0.717) is 35.3 Å². The summed E-state index contributed by atoms with van der Waals surface area (Å²) in [6.07, 6.45) is 2.22. The van der Waals surface area contributed by atoms with Crippen LogP contribution in [0.25, 0.3) is 10.9 Å². The summed E-state index contributed by atoms with van der Waals surface area (Å²) in [6, 6.07) is 3.59. The third kappa shape index (κ3) is 3.57. The second-order valence-corrected chi connectivity index (χ2v) is 5.07. The number of Topliss-reactive ketones (excluding diaryl/α,β-unsaturated/α-hetero) is 1. The van der Waals surface area contributed by atoms with Gasteiger partial charge < -0.3 is 9.47 Å². The van der Waals surface area contributed by atoms with E-state index in [1.807, 2.05) is 12.3 Å². The molecule has 0 aliphatic carbocycles. The Morgan fingerprint density at radius 2 is 2.00 bits per heavy atom. The van der Waals surface area contributed by atoms with Gasteiger partial charge in [0.2, 0.25) is 0 Å². The number of aromatic nitrogens is 2. The number of ether oxygens (including phenoxy) is 2. The van der Waals surface area contributed by atoms with Gasteiger partial charge in [0, 0.05) is 29.8 Å². The monoisotopic (exact) mass is 327 g/mol. The number of methoxy groups -OCH3 is 2. The van der Waals surface area contributed by atoms with Crippen molar-refractivity contribution in [2.24, 2.45) is 0 Å². The standard InChI is InChI=1S/C14H15ClN2O3S/c1-19-12-5-9-7-17(4-3-10(18)8-21)14(15)16-11(9)6-13(12)20-2/h5-7H,3-4,8H2,1-2H3/p+1. The minimum absolute atomic E-state index is 0.0642. The third-order valence-corrected chi connectivity index (χ3v) is 3.74. The number of fused-ring (bicyclic) bond motifs is 1. The molecule has 2 aromatic rings. The first-order chi connectivity index (χ1) is 10.1. The number of hydrogen-bond acceptors (Lipinski definition) is 5. The van der Waals surface area contributed by atoms with E-state index in [1.54, 1.807) is 24.9 Å². The lowest BCUT2D eigenvalue weighted by Gasteiger charge is -2.07. The molecule has 112 valence electrons. The Bertz CT molecular complexity index is 679. The van der Waals surface area contributed by atoms with Gasteiger partial charge in [0.05, 0.1) is 26.2 Å². The zero-order valence-corrected chi connectivity index (χ0v) is 13.4. The fourth-order valence-corrected chi connectivity index (χ4v) is 2.33. The third-order valence-electron chi connectivity index (χ3n) is 3.09. The summed E-state index contributed by atoms with van der Waals surface area (Å²) in [7, 11) is 3.14. The number of benzene rings is 1. The molecule has 0 amide bonds. The molecule has 0 bridgehead atoms. The van der Waals surface area contributed by atoms with E-state index in [4.69, 9.17) is 21.1 Å². The van der Waals surface area contributed by atoms with Gasteiger partial charge in [-0.25, -0.2) is 4.57 Å². The van der Waals surface area contributed by atoms with E-state index < -0.39 is 0 Å². The second kappa shape index (κ2) is 6.95. The van der Waals surface area contributed by atoms with Crippen LogP contribution in [-0.2, 0) is 11.3 Å². The highest BCUT2D eigenvalue weighted by molar-refractivity contribution is 7.81. The van der Waals surface area contributed by atoms with Crippen LogP contribution in [0.3, 0.4) is 0 Å². The maximum Gasteiger partial charge on any atom is 0.396 e. The minimum atomic E-state index is 0.0642. The smallest absolute Gasteiger partial charge is 0.396 e. The maximum absolute atomic E-state index is 11.4. The second-order valence-electron chi connectivity index (χ2n) is 4.42. The van der Waals surface area contributed by atoms with Gasteiger partial charge in [0.25, 0.3) is 0 Å². The Morgan fingerprint density at radius 3 is 2.62 bits per heavy atom. The summed E-state index contributed by atoms with van der Waals surface area (Å²) in [5.41, 5.74) is 0.703. The number of nitrogens with zero attached hydrogens (tertiary/aromatic N) is 2. The Hall–Kier alpha value is -1.53. The largest absolute Gasteiger partial charge is 0.493 e. The van der Waals surface area contributed by atoms with E-state index in [9.17, 15) is 4.79 Å². The minimum Gasteiger partial charge on any atom is -0.493 e. The van der Waals surface area contributed by atoms with Crippen molar-refractivity contribution in [1.82, 2.24) is 4.98 Å². The molecule has 7 heteroatoms. The molecule has 0 saturated carbocycles. The molecule has 0 N–H and O–H groups in total. The molecule has 0 fully saturated rings. The topological polar surface area (TPSA) is 52.3 Å². The van der Waals surface area contributed by atoms with Crippen LogP contribution in [0.2, 0.25) is 5.28 Å². The highest BCUT2D eigenvalue weighted by Crippen LogP contribution is 2.31. The molecule has 0 aliphatic heterocycles. The summed E-state index contributed by atoms with van der Waals surface area (Å²) in [5, 5.41) is 1.18. The van der Waals surface area contributed by atoms with Crippen LogP contribution in [0.15, 0.2) is 18.3 Å². The molecule has 0 unspecified atom stereocenters. The molecule has 0 atom stereocenters. The lowest BCUT2D eigenvalue weighted by molar-refractivity contribution is -0.694. The average Bonchev–Trinajstić information content (AvgIpc) is 2.51. The zero-order chi connectivity index (χ0) is 15.4. The number of carbonyl (C=O) groups is 1. The van der Waals surface area contributed by atoms with Crippen molar-refractivity contribution in [2.45, 2.75) is 13.0 Å². The molecule has 0 spiro atoms. The van der Waals surface area contributed by atoms with Crippen molar-refractivity contribution < 1.29 is 18.8 Å². The molecule has 2 rings (SSSR count). The van der Waals surface area contributed by atoms with Crippen molar-refractivity contribution >= 4 is 40.9 Å². The van der Waals surface area contributed by atoms with Gasteiger partial charge in [-0.1, -0.05) is 0 Å². The lowest BCUT2D eigenvalue weighted by atomic mass is 10.2. The SMILES string of the molecule is COc1cc2c[n+](CCC(=O)CS)c(Cl)nc2cc1OC. The fraction of sp³-hybridized carbons (Fsp3) is 0.357. The molecule has 0 saturated heterocycles. The highest BCUT2D eigenvalue weighted by atomic mass is 35.5. The molecule has 5 nitrogen and oxygen atoms in total. The number of hydrogen-bond donors (Lipinski definition) is 1. The van der Waals surface area contributed by atoms with Crippen LogP contribution in [0.1, 0.15) is 6.42 Å². The Labute approximate surface area is 133 Å². The van der Waals surface area contributed by atoms with Crippen molar-refractivity contribution in [3.63, 3.8) is 0 Å². The van der Waals surface area contributed by atoms with Crippen LogP contribution >= 0.6 is 24.2 Å². The summed E-state index contributed by atoms with van der Waals surface area (Å²) < 4.78 is 12.2. The first-order valence-electron chi connectivity index (χ1n) is 6.33. The van der Waals surface area contributed by atoms with Gasteiger partial charge in [-0.05, 0) is 11.1 Å². The van der Waals surface area contributed by atoms with Crippen molar-refractivity contribution in [1.29, 1.82) is 0 Å². The van der Waals surface area contributed by atoms with Gasteiger partial charge in [0.1, 0.15) is 12.0 Å². The summed E-state index contributed by atoms with van der Waals surface area (Å²) in [4.78, 5) is 15.7. The first kappa shape index (κ1) is 15.9. The summed E-state index contributed by atoms with van der Waals surface area (Å²) >= 11 is 10.1. The zero-order valence-electron chi connectivity index (χ0n) is 11.8. The van der Waals surface area contributed by atoms with Crippen molar-refractivity contribution in [3.05, 3.63) is 23.6 Å². The predicted octanol–water partition coefficient (Wildman–Crippen LogP) is 2.08. The molecule has 21 heavy (non-hydrogen) atoms. The van der Waals surface area contributed by atoms with Gasteiger partial charge in [-0.15, -0.1) is 0 Å². The van der Waals surface area contributed by atoms with Crippen LogP contribution < -0.4 is 14.0 Å². The van der Waals surface area contributed by atoms with E-state index in [0.717, 1.165) is 5.39 Å². The normalized spacial score (nSPS) is 10.7. The van der Waals surface area contributed by atoms with Crippen molar-refractivity contribution in [3.8, 4) is 11.5 Å². The van der Waals surface area contributed by atoms with Gasteiger partial charge in [-0.2, -0.15) is 12.6 Å². The molecular formula is C14H16ClN2O3S+. The molecule has 1 heterocycles. The number of halogens is 1. The predicted molar refractivity (Wildman–Crippen MR) is 83.5 cm³/mol. The number of ketones is 1. The summed E-state index contributed by atoms with van der Waals surface area (Å²) in [6.45, 7) is 0.468. The average molecular weight is 328 g/mol. The lowest BCUT2D eigenvalue weighted by Crippen LogP contribution is -2.37. The molecule has 0 aliphatic rings. The highest BCUT2D eigenvalue weighted by Gasteiger charge is 2.17. The van der Waals surface area contributed by atoms with E-state index in [2.05, 4.69) is 17.6 Å². The Kier molecular flexibility index (Phi) is 5.25. The number of rotatable bonds is 6. The van der Waals surface area contributed by atoms with Crippen LogP contribution in [0.5, 0.6) is 11.5 Å². The van der Waals surface area contributed by atoms with Crippen molar-refractivity contribution in [2.75, 3.05) is 20.0 Å². The Morgan fingerprint density at radius 1 is 1.33 bits per heavy atom. The maximum atomic E-state index is 11.4. The number of aryl methyl sites for hydroxylation is 1. The Balaban J connectivity index is 2.41. The quantitative estimate of drug-likeness (QED) is 0.501. The van der Waals surface area contributed by atoms with Crippen LogP contribution in [-0.4, -0.2) is 30.7 Å². The molecule has 0 radical (unpaired) electrons. The fourth-order valence-electron chi connectivity index (χ4n) is 1.95. The van der Waals surface area contributed by atoms with E-state index in [1.165, 1.54) is 0 Å². The first-order valence-corrected chi connectivity index (χ1v) is 7.34. The van der Waals surface area contributed by atoms with Crippen LogP contribution in [0, 0.1) is 0 Å². The number of carbonyl (C=O) groups excluding carboxylic acids is 1. The van der Waals surface area contributed by atoms with Gasteiger partial charge >= 0.3 is 5.28 Å².